The summed E-state index contributed by atoms with van der Waals surface area (Å²) in [6, 6.07) is 16.3. The summed E-state index contributed by atoms with van der Waals surface area (Å²) in [6.45, 7) is 1.46. The molecule has 1 aliphatic carbocycles. The van der Waals surface area contributed by atoms with E-state index in [4.69, 9.17) is 21.3 Å². The fourth-order valence-electron chi connectivity index (χ4n) is 4.03. The van der Waals surface area contributed by atoms with E-state index in [1.54, 1.807) is 0 Å². The van der Waals surface area contributed by atoms with Gasteiger partial charge in [-0.3, -0.25) is 0 Å². The lowest BCUT2D eigenvalue weighted by Gasteiger charge is -2.42. The number of benzene rings is 2. The van der Waals surface area contributed by atoms with Crippen molar-refractivity contribution in [1.29, 1.82) is 0 Å². The van der Waals surface area contributed by atoms with Crippen LogP contribution in [-0.2, 0) is 10.3 Å². The number of para-hydroxylation sites is 2. The van der Waals surface area contributed by atoms with Gasteiger partial charge in [0, 0.05) is 31.1 Å². The zero-order valence-corrected chi connectivity index (χ0v) is 15.9. The summed E-state index contributed by atoms with van der Waals surface area (Å²) < 4.78 is 5.62. The number of fused-ring (bicyclic) bond motifs is 1. The van der Waals surface area contributed by atoms with Crippen molar-refractivity contribution >= 4 is 28.8 Å². The van der Waals surface area contributed by atoms with Crippen molar-refractivity contribution in [3.8, 4) is 0 Å². The number of hydrazine groups is 1. The van der Waals surface area contributed by atoms with Crippen LogP contribution >= 0.6 is 11.6 Å². The topological polar surface area (TPSA) is 57.7 Å². The second kappa shape index (κ2) is 6.51. The third-order valence-electron chi connectivity index (χ3n) is 5.86. The highest BCUT2D eigenvalue weighted by Gasteiger charge is 2.47. The van der Waals surface area contributed by atoms with Gasteiger partial charge in [-0.05, 0) is 42.7 Å². The van der Waals surface area contributed by atoms with Gasteiger partial charge in [-0.2, -0.15) is 0 Å². The van der Waals surface area contributed by atoms with Gasteiger partial charge in [-0.1, -0.05) is 35.9 Å². The molecular formula is C21H23ClN4O. The van der Waals surface area contributed by atoms with Crippen molar-refractivity contribution in [2.75, 3.05) is 18.5 Å². The number of nitrogens with one attached hydrogen (secondary N) is 3. The Kier molecular flexibility index (Phi) is 4.11. The molecule has 140 valence electrons. The molecule has 5 nitrogen and oxygen atoms in total. The van der Waals surface area contributed by atoms with Gasteiger partial charge in [0.1, 0.15) is 11.4 Å². The number of hydrogen-bond donors (Lipinski definition) is 3. The maximum absolute atomic E-state index is 6.20. The highest BCUT2D eigenvalue weighted by atomic mass is 35.5. The van der Waals surface area contributed by atoms with Crippen LogP contribution in [0.15, 0.2) is 53.5 Å². The molecule has 0 unspecified atom stereocenters. The smallest absolute Gasteiger partial charge is 0.142 e. The average Bonchev–Trinajstić information content (AvgIpc) is 3.48. The van der Waals surface area contributed by atoms with Crippen LogP contribution in [-0.4, -0.2) is 24.6 Å². The van der Waals surface area contributed by atoms with Crippen LogP contribution in [0.1, 0.15) is 31.2 Å². The van der Waals surface area contributed by atoms with Crippen molar-refractivity contribution in [3.63, 3.8) is 0 Å². The van der Waals surface area contributed by atoms with Crippen LogP contribution in [0, 0.1) is 0 Å². The molecule has 2 aromatic rings. The molecule has 2 heterocycles. The molecule has 3 N–H and O–H groups in total. The second-order valence-electron chi connectivity index (χ2n) is 7.64. The van der Waals surface area contributed by atoms with E-state index in [-0.39, 0.29) is 11.1 Å². The Morgan fingerprint density at radius 3 is 2.59 bits per heavy atom. The van der Waals surface area contributed by atoms with Gasteiger partial charge in [-0.15, -0.1) is 0 Å². The predicted octanol–water partition coefficient (Wildman–Crippen LogP) is 4.13. The normalized spacial score (nSPS) is 21.7. The first-order valence-electron chi connectivity index (χ1n) is 9.53. The van der Waals surface area contributed by atoms with Gasteiger partial charge in [0.05, 0.1) is 16.9 Å². The standard InChI is InChI=1S/C21H23ClN4O/c22-16-5-3-4-15(14-16)20(8-9-20)26-25-19-21(10-12-27-13-11-21)24-18-7-2-1-6-17(18)23-19/h1-7,14,24,26H,8-13H2,(H,23,25). The molecule has 2 aliphatic heterocycles. The third kappa shape index (κ3) is 3.10. The van der Waals surface area contributed by atoms with E-state index >= 15 is 0 Å². The van der Waals surface area contributed by atoms with E-state index in [9.17, 15) is 0 Å². The molecule has 2 fully saturated rings. The molecule has 1 saturated carbocycles. The van der Waals surface area contributed by atoms with Crippen LogP contribution < -0.4 is 16.2 Å². The molecule has 27 heavy (non-hydrogen) atoms. The van der Waals surface area contributed by atoms with E-state index in [1.807, 2.05) is 36.4 Å². The molecule has 0 atom stereocenters. The summed E-state index contributed by atoms with van der Waals surface area (Å²) >= 11 is 6.20. The first-order chi connectivity index (χ1) is 13.2. The maximum Gasteiger partial charge on any atom is 0.142 e. The number of halogens is 1. The molecule has 3 aliphatic rings. The predicted molar refractivity (Wildman–Crippen MR) is 109 cm³/mol. The van der Waals surface area contributed by atoms with E-state index in [0.29, 0.717) is 0 Å². The highest BCUT2D eigenvalue weighted by molar-refractivity contribution is 6.30. The lowest BCUT2D eigenvalue weighted by Crippen LogP contribution is -2.60. The van der Waals surface area contributed by atoms with Crippen LogP contribution in [0.5, 0.6) is 0 Å². The number of aliphatic imine (C=N–C) groups is 1. The van der Waals surface area contributed by atoms with Gasteiger partial charge in [-0.25, -0.2) is 10.4 Å². The van der Waals surface area contributed by atoms with Crippen LogP contribution in [0.2, 0.25) is 5.02 Å². The van der Waals surface area contributed by atoms with Gasteiger partial charge in [0.15, 0.2) is 0 Å². The zero-order chi connectivity index (χ0) is 18.3. The summed E-state index contributed by atoms with van der Waals surface area (Å²) in [5.74, 6) is 0.942. The van der Waals surface area contributed by atoms with E-state index in [2.05, 4.69) is 28.3 Å². The Labute approximate surface area is 164 Å². The van der Waals surface area contributed by atoms with Gasteiger partial charge in [0.2, 0.25) is 0 Å². The Balaban J connectivity index is 1.43. The van der Waals surface area contributed by atoms with Crippen LogP contribution in [0.25, 0.3) is 0 Å². The fourth-order valence-corrected chi connectivity index (χ4v) is 4.22. The third-order valence-corrected chi connectivity index (χ3v) is 6.09. The summed E-state index contributed by atoms with van der Waals surface area (Å²) in [7, 11) is 0. The molecular weight excluding hydrogens is 360 g/mol. The highest BCUT2D eigenvalue weighted by Crippen LogP contribution is 2.46. The SMILES string of the molecule is Clc1cccc(C2(NNC3=Nc4ccccc4NC34CCOCC4)CC2)c1. The quantitative estimate of drug-likeness (QED) is 0.699. The lowest BCUT2D eigenvalue weighted by molar-refractivity contribution is 0.0767. The second-order valence-corrected chi connectivity index (χ2v) is 8.08. The summed E-state index contributed by atoms with van der Waals surface area (Å²) in [4.78, 5) is 4.96. The number of anilines is 1. The Hall–Kier alpha value is -2.08. The molecule has 0 bridgehead atoms. The number of rotatable bonds is 3. The molecule has 1 saturated heterocycles. The zero-order valence-electron chi connectivity index (χ0n) is 15.1. The molecule has 6 heteroatoms. The first kappa shape index (κ1) is 17.0. The van der Waals surface area contributed by atoms with Gasteiger partial charge in [0.25, 0.3) is 0 Å². The maximum atomic E-state index is 6.20. The van der Waals surface area contributed by atoms with E-state index < -0.39 is 0 Å². The van der Waals surface area contributed by atoms with Crippen LogP contribution in [0.4, 0.5) is 11.4 Å². The van der Waals surface area contributed by atoms with E-state index in [0.717, 1.165) is 61.1 Å². The lowest BCUT2D eigenvalue weighted by atomic mass is 9.86. The molecule has 2 aromatic carbocycles. The van der Waals surface area contributed by atoms with E-state index in [1.165, 1.54) is 5.56 Å². The molecule has 5 rings (SSSR count). The van der Waals surface area contributed by atoms with Crippen molar-refractivity contribution in [1.82, 2.24) is 10.9 Å². The number of hydrogen-bond acceptors (Lipinski definition) is 5. The summed E-state index contributed by atoms with van der Waals surface area (Å²) in [5, 5.41) is 4.50. The van der Waals surface area contributed by atoms with Crippen molar-refractivity contribution in [2.45, 2.75) is 36.8 Å². The first-order valence-corrected chi connectivity index (χ1v) is 9.90. The number of nitrogens with zero attached hydrogens (tertiary/aromatic N) is 1. The van der Waals surface area contributed by atoms with Crippen LogP contribution in [0.3, 0.4) is 0 Å². The van der Waals surface area contributed by atoms with Crippen molar-refractivity contribution < 1.29 is 4.74 Å². The monoisotopic (exact) mass is 382 g/mol. The molecule has 0 radical (unpaired) electrons. The van der Waals surface area contributed by atoms with Crippen molar-refractivity contribution in [2.24, 2.45) is 4.99 Å². The van der Waals surface area contributed by atoms with Gasteiger partial charge >= 0.3 is 0 Å². The molecule has 1 spiro atoms. The summed E-state index contributed by atoms with van der Waals surface area (Å²) in [5.41, 5.74) is 10.0. The number of ether oxygens (including phenoxy) is 1. The largest absolute Gasteiger partial charge is 0.381 e. The minimum atomic E-state index is -0.218. The molecule has 0 aromatic heterocycles. The Morgan fingerprint density at radius 1 is 1.00 bits per heavy atom. The Bertz CT molecular complexity index is 887. The molecule has 0 amide bonds. The summed E-state index contributed by atoms with van der Waals surface area (Å²) in [6.07, 6.45) is 3.93. The average molecular weight is 383 g/mol. The number of amidine groups is 1. The minimum Gasteiger partial charge on any atom is -0.381 e. The van der Waals surface area contributed by atoms with Gasteiger partial charge < -0.3 is 15.5 Å². The Morgan fingerprint density at radius 2 is 1.81 bits per heavy atom. The van der Waals surface area contributed by atoms with Crippen molar-refractivity contribution in [3.05, 3.63) is 59.1 Å². The fraction of sp³-hybridized carbons (Fsp3) is 0.381. The minimum absolute atomic E-state index is 0.0727.